The summed E-state index contributed by atoms with van der Waals surface area (Å²) in [6, 6.07) is 21.7. The average Bonchev–Trinajstić information content (AvgIpc) is 3.17. The van der Waals surface area contributed by atoms with Crippen LogP contribution in [0.1, 0.15) is 36.3 Å². The number of nitrogens with zero attached hydrogens (tertiary/aromatic N) is 4. The maximum atomic E-state index is 13.6. The molecule has 4 aromatic rings. The van der Waals surface area contributed by atoms with Crippen LogP contribution < -0.4 is 0 Å². The van der Waals surface area contributed by atoms with E-state index in [1.807, 2.05) is 43.4 Å². The third-order valence-corrected chi connectivity index (χ3v) is 7.97. The molecule has 1 aromatic heterocycles. The van der Waals surface area contributed by atoms with Crippen molar-refractivity contribution in [3.63, 3.8) is 0 Å². The van der Waals surface area contributed by atoms with E-state index in [1.54, 1.807) is 12.1 Å². The van der Waals surface area contributed by atoms with Crippen molar-refractivity contribution in [1.82, 2.24) is 18.8 Å². The van der Waals surface area contributed by atoms with E-state index in [2.05, 4.69) is 28.5 Å². The number of imidazole rings is 1. The summed E-state index contributed by atoms with van der Waals surface area (Å²) in [5.74, 6) is 0.586. The minimum Gasteiger partial charge on any atom is -0.327 e. The lowest BCUT2D eigenvalue weighted by molar-refractivity contribution is 0.260. The van der Waals surface area contributed by atoms with Crippen molar-refractivity contribution in [3.8, 4) is 0 Å². The minimum absolute atomic E-state index is 0.101. The monoisotopic (exact) mass is 494 g/mol. The second-order valence-corrected chi connectivity index (χ2v) is 11.0. The number of benzene rings is 3. The van der Waals surface area contributed by atoms with Crippen LogP contribution in [0.5, 0.6) is 0 Å². The molecule has 0 aliphatic rings. The second kappa shape index (κ2) is 10.3. The third kappa shape index (κ3) is 5.15. The fourth-order valence-electron chi connectivity index (χ4n) is 4.42. The summed E-state index contributed by atoms with van der Waals surface area (Å²) in [4.78, 5) is 7.28. The third-order valence-electron chi connectivity index (χ3n) is 6.16. The molecule has 0 saturated carbocycles. The van der Waals surface area contributed by atoms with E-state index in [0.29, 0.717) is 12.1 Å². The van der Waals surface area contributed by atoms with Crippen LogP contribution >= 0.6 is 0 Å². The summed E-state index contributed by atoms with van der Waals surface area (Å²) in [5, 5.41) is 0. The van der Waals surface area contributed by atoms with Crippen molar-refractivity contribution in [1.29, 1.82) is 0 Å². The van der Waals surface area contributed by atoms with Gasteiger partial charge in [-0.2, -0.15) is 0 Å². The van der Waals surface area contributed by atoms with Gasteiger partial charge in [0.15, 0.2) is 0 Å². The molecule has 1 unspecified atom stereocenters. The van der Waals surface area contributed by atoms with Gasteiger partial charge in [-0.15, -0.1) is 0 Å². The van der Waals surface area contributed by atoms with E-state index in [1.165, 1.54) is 30.5 Å². The first kappa shape index (κ1) is 25.0. The van der Waals surface area contributed by atoms with Crippen LogP contribution in [-0.2, 0) is 23.1 Å². The molecule has 0 radical (unpaired) electrons. The molecule has 0 fully saturated rings. The lowest BCUT2D eigenvalue weighted by Crippen LogP contribution is -2.27. The Morgan fingerprint density at radius 1 is 0.943 bits per heavy atom. The molecule has 0 saturated heterocycles. The molecule has 0 spiro atoms. The Hall–Kier alpha value is -3.07. The molecule has 1 heterocycles. The maximum Gasteiger partial charge on any atom is 0.242 e. The van der Waals surface area contributed by atoms with Crippen molar-refractivity contribution in [2.45, 2.75) is 37.4 Å². The Morgan fingerprint density at radius 2 is 1.60 bits per heavy atom. The highest BCUT2D eigenvalue weighted by Crippen LogP contribution is 2.30. The van der Waals surface area contributed by atoms with E-state index in [0.717, 1.165) is 35.4 Å². The molecule has 0 bridgehead atoms. The number of hydrogen-bond donors (Lipinski definition) is 0. The standard InChI is InChI=1S/C27H31FN4O2S/c1-5-17-32-25-16-15-23(35(33,34)30(2)3)18-24(25)29-26(32)19-31(4)27(20-9-7-6-8-10-20)21-11-13-22(28)14-12-21/h6-16,18,27H,5,17,19H2,1-4H3. The molecule has 0 aliphatic carbocycles. The summed E-state index contributed by atoms with van der Waals surface area (Å²) in [6.07, 6.45) is 0.917. The average molecular weight is 495 g/mol. The molecule has 184 valence electrons. The first-order valence-electron chi connectivity index (χ1n) is 11.6. The first-order chi connectivity index (χ1) is 16.7. The molecule has 8 heteroatoms. The molecular weight excluding hydrogens is 463 g/mol. The molecule has 1 atom stereocenters. The van der Waals surface area contributed by atoms with E-state index in [4.69, 9.17) is 4.98 Å². The Labute approximate surface area is 206 Å². The number of fused-ring (bicyclic) bond motifs is 1. The fraction of sp³-hybridized carbons (Fsp3) is 0.296. The van der Waals surface area contributed by atoms with Crippen molar-refractivity contribution in [3.05, 3.63) is 95.6 Å². The van der Waals surface area contributed by atoms with Gasteiger partial charge in [0.25, 0.3) is 0 Å². The van der Waals surface area contributed by atoms with Crippen LogP contribution in [0.3, 0.4) is 0 Å². The van der Waals surface area contributed by atoms with Gasteiger partial charge in [-0.25, -0.2) is 22.1 Å². The van der Waals surface area contributed by atoms with Crippen molar-refractivity contribution in [2.24, 2.45) is 0 Å². The lowest BCUT2D eigenvalue weighted by Gasteiger charge is -2.29. The van der Waals surface area contributed by atoms with Gasteiger partial charge in [0.05, 0.1) is 28.5 Å². The normalized spacial score (nSPS) is 13.1. The van der Waals surface area contributed by atoms with Gasteiger partial charge in [-0.1, -0.05) is 49.4 Å². The lowest BCUT2D eigenvalue weighted by atomic mass is 9.97. The molecule has 0 N–H and O–H groups in total. The molecule has 4 rings (SSSR count). The Balaban J connectivity index is 1.75. The quantitative estimate of drug-likeness (QED) is 0.327. The fourth-order valence-corrected chi connectivity index (χ4v) is 5.34. The van der Waals surface area contributed by atoms with E-state index in [9.17, 15) is 12.8 Å². The predicted octanol–water partition coefficient (Wildman–Crippen LogP) is 5.06. The van der Waals surface area contributed by atoms with Gasteiger partial charge in [0.1, 0.15) is 11.6 Å². The summed E-state index contributed by atoms with van der Waals surface area (Å²) in [7, 11) is 1.52. The summed E-state index contributed by atoms with van der Waals surface area (Å²) < 4.78 is 42.3. The van der Waals surface area contributed by atoms with E-state index >= 15 is 0 Å². The summed E-state index contributed by atoms with van der Waals surface area (Å²) in [5.41, 5.74) is 3.64. The Morgan fingerprint density at radius 3 is 2.23 bits per heavy atom. The Bertz CT molecular complexity index is 1400. The zero-order valence-electron chi connectivity index (χ0n) is 20.5. The number of halogens is 1. The summed E-state index contributed by atoms with van der Waals surface area (Å²) in [6.45, 7) is 3.41. The number of hydrogen-bond acceptors (Lipinski definition) is 4. The molecule has 35 heavy (non-hydrogen) atoms. The predicted molar refractivity (Wildman–Crippen MR) is 137 cm³/mol. The molecule has 6 nitrogen and oxygen atoms in total. The Kier molecular flexibility index (Phi) is 7.35. The van der Waals surface area contributed by atoms with Crippen molar-refractivity contribution in [2.75, 3.05) is 21.1 Å². The largest absolute Gasteiger partial charge is 0.327 e. The van der Waals surface area contributed by atoms with Gasteiger partial charge in [-0.05, 0) is 54.9 Å². The first-order valence-corrected chi connectivity index (χ1v) is 13.1. The van der Waals surface area contributed by atoms with E-state index < -0.39 is 10.0 Å². The van der Waals surface area contributed by atoms with Crippen molar-refractivity contribution >= 4 is 21.1 Å². The van der Waals surface area contributed by atoms with Crippen LogP contribution in [0.4, 0.5) is 4.39 Å². The van der Waals surface area contributed by atoms with Crippen LogP contribution in [0.25, 0.3) is 11.0 Å². The summed E-state index contributed by atoms with van der Waals surface area (Å²) >= 11 is 0. The smallest absolute Gasteiger partial charge is 0.242 e. The van der Waals surface area contributed by atoms with Crippen LogP contribution in [0.15, 0.2) is 77.7 Å². The highest BCUT2D eigenvalue weighted by molar-refractivity contribution is 7.89. The highest BCUT2D eigenvalue weighted by Gasteiger charge is 2.23. The number of rotatable bonds is 9. The molecule has 3 aromatic carbocycles. The van der Waals surface area contributed by atoms with Gasteiger partial charge < -0.3 is 4.57 Å². The van der Waals surface area contributed by atoms with Gasteiger partial charge in [-0.3, -0.25) is 4.90 Å². The second-order valence-electron chi connectivity index (χ2n) is 8.90. The van der Waals surface area contributed by atoms with E-state index in [-0.39, 0.29) is 16.8 Å². The number of aryl methyl sites for hydroxylation is 1. The topological polar surface area (TPSA) is 58.4 Å². The molecular formula is C27H31FN4O2S. The number of sulfonamides is 1. The van der Waals surface area contributed by atoms with Crippen LogP contribution in [-0.4, -0.2) is 48.3 Å². The van der Waals surface area contributed by atoms with Crippen LogP contribution in [0.2, 0.25) is 0 Å². The SMILES string of the molecule is CCCn1c(CN(C)C(c2ccccc2)c2ccc(F)cc2)nc2cc(S(=O)(=O)N(C)C)ccc21. The zero-order chi connectivity index (χ0) is 25.2. The maximum absolute atomic E-state index is 13.6. The van der Waals surface area contributed by atoms with Crippen molar-refractivity contribution < 1.29 is 12.8 Å². The number of aromatic nitrogens is 2. The van der Waals surface area contributed by atoms with Gasteiger partial charge in [0.2, 0.25) is 10.0 Å². The van der Waals surface area contributed by atoms with Gasteiger partial charge >= 0.3 is 0 Å². The minimum atomic E-state index is -3.55. The van der Waals surface area contributed by atoms with Crippen LogP contribution in [0, 0.1) is 5.82 Å². The molecule has 0 amide bonds. The zero-order valence-corrected chi connectivity index (χ0v) is 21.3. The van der Waals surface area contributed by atoms with Gasteiger partial charge in [0, 0.05) is 20.6 Å². The highest BCUT2D eigenvalue weighted by atomic mass is 32.2. The molecule has 0 aliphatic heterocycles.